The van der Waals surface area contributed by atoms with Crippen LogP contribution in [0.4, 0.5) is 0 Å². The molecule has 0 spiro atoms. The first-order chi connectivity index (χ1) is 14.5. The lowest BCUT2D eigenvalue weighted by Gasteiger charge is -2.14. The third-order valence-corrected chi connectivity index (χ3v) is 6.03. The molecule has 0 radical (unpaired) electrons. The van der Waals surface area contributed by atoms with Crippen molar-refractivity contribution < 1.29 is 9.53 Å². The van der Waals surface area contributed by atoms with Gasteiger partial charge in [-0.2, -0.15) is 5.26 Å². The molecule has 3 heterocycles. The first-order valence-corrected chi connectivity index (χ1v) is 11.0. The number of nitriles is 1. The highest BCUT2D eigenvalue weighted by Gasteiger charge is 2.23. The predicted octanol–water partition coefficient (Wildman–Crippen LogP) is 4.72. The van der Waals surface area contributed by atoms with Gasteiger partial charge in [-0.15, -0.1) is 11.3 Å². The summed E-state index contributed by atoms with van der Waals surface area (Å²) in [5, 5.41) is 15.6. The van der Waals surface area contributed by atoms with E-state index >= 15 is 0 Å². The number of thiophene rings is 1. The average Bonchev–Trinajstić information content (AvgIpc) is 3.36. The molecular weight excluding hydrogens is 416 g/mol. The number of thioether (sulfide) groups is 1. The average molecular weight is 435 g/mol. The van der Waals surface area contributed by atoms with E-state index < -0.39 is 0 Å². The number of nitrogens with zero attached hydrogens (tertiary/aromatic N) is 3. The van der Waals surface area contributed by atoms with Gasteiger partial charge in [-0.25, -0.2) is 0 Å². The Labute approximate surface area is 182 Å². The maximum Gasteiger partial charge on any atom is 0.264 e. The van der Waals surface area contributed by atoms with Crippen molar-refractivity contribution in [1.82, 2.24) is 10.3 Å². The van der Waals surface area contributed by atoms with E-state index in [1.165, 1.54) is 18.0 Å². The summed E-state index contributed by atoms with van der Waals surface area (Å²) >= 11 is 2.95. The number of fused-ring (bicyclic) bond motifs is 1. The number of benzene rings is 1. The number of nitrogens with one attached hydrogen (secondary N) is 1. The molecule has 1 aliphatic heterocycles. The van der Waals surface area contributed by atoms with Crippen LogP contribution in [0.5, 0.6) is 5.75 Å². The standard InChI is InChI=1S/C22H18N4O2S2/c1-13(2)28-20-15(10-23)11-24-18-6-5-14(8-17(18)20)9-19-21(27)26-22(30-19)25-12-16-4-3-7-29-16/h3-9,11,13H,12H2,1-2H3,(H,25,26,27). The zero-order valence-electron chi connectivity index (χ0n) is 16.4. The van der Waals surface area contributed by atoms with E-state index in [-0.39, 0.29) is 12.0 Å². The minimum Gasteiger partial charge on any atom is -0.489 e. The quantitative estimate of drug-likeness (QED) is 0.587. The third kappa shape index (κ3) is 4.37. The molecule has 1 fully saturated rings. The smallest absolute Gasteiger partial charge is 0.264 e. The van der Waals surface area contributed by atoms with E-state index in [9.17, 15) is 10.1 Å². The van der Waals surface area contributed by atoms with Gasteiger partial charge in [0.05, 0.1) is 23.1 Å². The van der Waals surface area contributed by atoms with Crippen molar-refractivity contribution in [1.29, 1.82) is 5.26 Å². The van der Waals surface area contributed by atoms with Crippen molar-refractivity contribution in [3.63, 3.8) is 0 Å². The van der Waals surface area contributed by atoms with Gasteiger partial charge in [-0.1, -0.05) is 12.1 Å². The van der Waals surface area contributed by atoms with Crippen LogP contribution in [0.2, 0.25) is 0 Å². The van der Waals surface area contributed by atoms with E-state index in [1.54, 1.807) is 11.3 Å². The van der Waals surface area contributed by atoms with Crippen molar-refractivity contribution in [3.8, 4) is 11.8 Å². The summed E-state index contributed by atoms with van der Waals surface area (Å²) in [6.45, 7) is 4.37. The van der Waals surface area contributed by atoms with Gasteiger partial charge >= 0.3 is 0 Å². The first-order valence-electron chi connectivity index (χ1n) is 9.30. The maximum absolute atomic E-state index is 12.4. The molecule has 1 aromatic carbocycles. The predicted molar refractivity (Wildman–Crippen MR) is 121 cm³/mol. The molecule has 3 aromatic rings. The summed E-state index contributed by atoms with van der Waals surface area (Å²) in [6.07, 6.45) is 3.25. The largest absolute Gasteiger partial charge is 0.489 e. The Hall–Kier alpha value is -3.15. The van der Waals surface area contributed by atoms with Crippen LogP contribution in [0, 0.1) is 11.3 Å². The monoisotopic (exact) mass is 434 g/mol. The minimum absolute atomic E-state index is 0.0806. The second-order valence-electron chi connectivity index (χ2n) is 6.82. The molecule has 4 rings (SSSR count). The molecule has 0 aliphatic carbocycles. The van der Waals surface area contributed by atoms with Crippen LogP contribution in [0.1, 0.15) is 29.9 Å². The van der Waals surface area contributed by atoms with Crippen molar-refractivity contribution in [2.75, 3.05) is 0 Å². The highest BCUT2D eigenvalue weighted by molar-refractivity contribution is 8.18. The fraction of sp³-hybridized carbons (Fsp3) is 0.182. The number of amides is 1. The van der Waals surface area contributed by atoms with Crippen LogP contribution in [-0.2, 0) is 11.3 Å². The van der Waals surface area contributed by atoms with Crippen molar-refractivity contribution in [2.24, 2.45) is 4.99 Å². The van der Waals surface area contributed by atoms with Crippen LogP contribution < -0.4 is 10.1 Å². The van der Waals surface area contributed by atoms with Crippen LogP contribution in [0.3, 0.4) is 0 Å². The van der Waals surface area contributed by atoms with Gasteiger partial charge in [0.15, 0.2) is 5.17 Å². The summed E-state index contributed by atoms with van der Waals surface area (Å²) in [7, 11) is 0. The number of hydrogen-bond donors (Lipinski definition) is 1. The lowest BCUT2D eigenvalue weighted by Crippen LogP contribution is -2.19. The van der Waals surface area contributed by atoms with E-state index in [0.29, 0.717) is 27.9 Å². The molecule has 8 heteroatoms. The van der Waals surface area contributed by atoms with E-state index in [1.807, 2.05) is 55.6 Å². The number of carbonyl (C=O) groups excluding carboxylic acids is 1. The molecule has 30 heavy (non-hydrogen) atoms. The summed E-state index contributed by atoms with van der Waals surface area (Å²) < 4.78 is 5.89. The number of ether oxygens (including phenoxy) is 1. The molecule has 0 atom stereocenters. The van der Waals surface area contributed by atoms with Crippen LogP contribution in [-0.4, -0.2) is 22.2 Å². The number of carbonyl (C=O) groups is 1. The Bertz CT molecular complexity index is 1210. The van der Waals surface area contributed by atoms with E-state index in [4.69, 9.17) is 4.74 Å². The fourth-order valence-corrected chi connectivity index (χ4v) is 4.37. The molecule has 0 unspecified atom stereocenters. The number of rotatable bonds is 5. The highest BCUT2D eigenvalue weighted by Crippen LogP contribution is 2.32. The van der Waals surface area contributed by atoms with Crippen molar-refractivity contribution >= 4 is 51.2 Å². The Morgan fingerprint density at radius 2 is 2.23 bits per heavy atom. The van der Waals surface area contributed by atoms with Crippen molar-refractivity contribution in [3.05, 3.63) is 62.8 Å². The Morgan fingerprint density at radius 3 is 2.97 bits per heavy atom. The summed E-state index contributed by atoms with van der Waals surface area (Å²) in [5.74, 6) is 0.340. The van der Waals surface area contributed by atoms with Gasteiger partial charge in [-0.3, -0.25) is 14.8 Å². The number of aromatic nitrogens is 1. The summed E-state index contributed by atoms with van der Waals surface area (Å²) in [6, 6.07) is 11.8. The summed E-state index contributed by atoms with van der Waals surface area (Å²) in [5.41, 5.74) is 1.94. The zero-order chi connectivity index (χ0) is 21.1. The van der Waals surface area contributed by atoms with Gasteiger partial charge in [0.25, 0.3) is 5.91 Å². The van der Waals surface area contributed by atoms with Crippen LogP contribution in [0.15, 0.2) is 51.8 Å². The second-order valence-corrected chi connectivity index (χ2v) is 8.88. The lowest BCUT2D eigenvalue weighted by molar-refractivity contribution is -0.115. The highest BCUT2D eigenvalue weighted by atomic mass is 32.2. The Balaban J connectivity index is 1.64. The first kappa shape index (κ1) is 20.1. The molecule has 1 aliphatic rings. The second kappa shape index (κ2) is 8.69. The minimum atomic E-state index is -0.174. The molecule has 1 saturated heterocycles. The van der Waals surface area contributed by atoms with Crippen LogP contribution >= 0.6 is 23.1 Å². The molecule has 6 nitrogen and oxygen atoms in total. The molecule has 1 N–H and O–H groups in total. The molecule has 1 amide bonds. The van der Waals surface area contributed by atoms with Gasteiger partial charge in [0.1, 0.15) is 17.4 Å². The van der Waals surface area contributed by atoms with Gasteiger partial charge in [0.2, 0.25) is 0 Å². The molecule has 0 bridgehead atoms. The number of hydrogen-bond acceptors (Lipinski definition) is 7. The molecule has 0 saturated carbocycles. The van der Waals surface area contributed by atoms with E-state index in [2.05, 4.69) is 21.4 Å². The normalized spacial score (nSPS) is 16.4. The SMILES string of the molecule is CC(C)Oc1c(C#N)cnc2ccc(C=C3SC(=NCc4cccs4)NC3=O)cc12. The molecular formula is C22H18N4O2S2. The number of pyridine rings is 1. The van der Waals surface area contributed by atoms with Gasteiger partial charge in [-0.05, 0) is 60.8 Å². The van der Waals surface area contributed by atoms with Crippen LogP contribution in [0.25, 0.3) is 17.0 Å². The summed E-state index contributed by atoms with van der Waals surface area (Å²) in [4.78, 5) is 22.9. The maximum atomic E-state index is 12.4. The third-order valence-electron chi connectivity index (χ3n) is 4.22. The number of amidine groups is 1. The Morgan fingerprint density at radius 1 is 1.37 bits per heavy atom. The molecule has 2 aromatic heterocycles. The van der Waals surface area contributed by atoms with Crippen molar-refractivity contribution in [2.45, 2.75) is 26.5 Å². The molecule has 150 valence electrons. The topological polar surface area (TPSA) is 87.4 Å². The van der Waals surface area contributed by atoms with Gasteiger partial charge < -0.3 is 10.1 Å². The van der Waals surface area contributed by atoms with E-state index in [0.717, 1.165) is 21.3 Å². The van der Waals surface area contributed by atoms with Gasteiger partial charge in [0, 0.05) is 16.5 Å². The zero-order valence-corrected chi connectivity index (χ0v) is 18.0. The fourth-order valence-electron chi connectivity index (χ4n) is 2.92. The lowest BCUT2D eigenvalue weighted by atomic mass is 10.1. The number of aliphatic imine (C=N–C) groups is 1. The Kier molecular flexibility index (Phi) is 5.84.